The molecule has 0 fully saturated rings. The standard InChI is InChI=1S/C20H12O4/c21-10-17(23)19-15-9-12-4-2-1-3-11(12)7-14(15)8-13-5-6-16(22)20(24)18(13)19/h1-10,22,24H. The number of phenolic OH excluding ortho intramolecular Hbond substituents is 2. The van der Waals surface area contributed by atoms with Crippen LogP contribution < -0.4 is 0 Å². The van der Waals surface area contributed by atoms with Crippen molar-refractivity contribution in [1.82, 2.24) is 0 Å². The Kier molecular flexibility index (Phi) is 3.00. The first-order valence-electron chi connectivity index (χ1n) is 7.40. The molecule has 4 aromatic rings. The highest BCUT2D eigenvalue weighted by atomic mass is 16.3. The van der Waals surface area contributed by atoms with Crippen molar-refractivity contribution in [1.29, 1.82) is 0 Å². The number of benzene rings is 4. The maximum Gasteiger partial charge on any atom is 0.226 e. The average Bonchev–Trinajstić information content (AvgIpc) is 2.61. The molecule has 0 bridgehead atoms. The average molecular weight is 316 g/mol. The zero-order valence-electron chi connectivity index (χ0n) is 12.5. The fourth-order valence-corrected chi connectivity index (χ4v) is 3.19. The number of aromatic hydroxyl groups is 2. The van der Waals surface area contributed by atoms with Gasteiger partial charge in [0.05, 0.1) is 0 Å². The van der Waals surface area contributed by atoms with Crippen LogP contribution in [-0.2, 0) is 4.79 Å². The van der Waals surface area contributed by atoms with Crippen molar-refractivity contribution in [3.05, 3.63) is 60.2 Å². The van der Waals surface area contributed by atoms with Gasteiger partial charge in [-0.05, 0) is 51.2 Å². The molecule has 4 aromatic carbocycles. The summed E-state index contributed by atoms with van der Waals surface area (Å²) in [6.07, 6.45) is 0.229. The van der Waals surface area contributed by atoms with Crippen molar-refractivity contribution in [2.75, 3.05) is 0 Å². The number of carbonyl (C=O) groups is 2. The van der Waals surface area contributed by atoms with Crippen LogP contribution in [0.2, 0.25) is 0 Å². The molecule has 0 atom stereocenters. The minimum absolute atomic E-state index is 0.108. The largest absolute Gasteiger partial charge is 0.504 e. The summed E-state index contributed by atoms with van der Waals surface area (Å²) in [7, 11) is 0. The van der Waals surface area contributed by atoms with E-state index in [-0.39, 0.29) is 23.0 Å². The lowest BCUT2D eigenvalue weighted by Crippen LogP contribution is -2.02. The highest BCUT2D eigenvalue weighted by Gasteiger charge is 2.19. The van der Waals surface area contributed by atoms with Gasteiger partial charge in [-0.15, -0.1) is 0 Å². The van der Waals surface area contributed by atoms with Crippen molar-refractivity contribution in [3.8, 4) is 11.5 Å². The van der Waals surface area contributed by atoms with Crippen LogP contribution in [0.1, 0.15) is 10.4 Å². The molecule has 0 heterocycles. The van der Waals surface area contributed by atoms with Crippen LogP contribution in [0, 0.1) is 0 Å². The third-order valence-corrected chi connectivity index (χ3v) is 4.29. The molecule has 0 aliphatic carbocycles. The van der Waals surface area contributed by atoms with Crippen LogP contribution in [0.3, 0.4) is 0 Å². The molecule has 2 N–H and O–H groups in total. The molecule has 0 saturated carbocycles. The number of carbonyl (C=O) groups excluding carboxylic acids is 2. The van der Waals surface area contributed by atoms with E-state index in [2.05, 4.69) is 0 Å². The van der Waals surface area contributed by atoms with Crippen LogP contribution in [0.5, 0.6) is 11.5 Å². The molecule has 24 heavy (non-hydrogen) atoms. The fourth-order valence-electron chi connectivity index (χ4n) is 3.19. The SMILES string of the molecule is O=CC(=O)c1c2cc3ccccc3cc2cc2ccc(O)c(O)c12. The number of ketones is 1. The summed E-state index contributed by atoms with van der Waals surface area (Å²) in [6.45, 7) is 0. The van der Waals surface area contributed by atoms with Gasteiger partial charge in [0, 0.05) is 10.9 Å². The first-order chi connectivity index (χ1) is 11.6. The maximum atomic E-state index is 12.3. The van der Waals surface area contributed by atoms with Crippen LogP contribution in [0.15, 0.2) is 54.6 Å². The summed E-state index contributed by atoms with van der Waals surface area (Å²) in [5, 5.41) is 24.1. The summed E-state index contributed by atoms with van der Waals surface area (Å²) >= 11 is 0. The topological polar surface area (TPSA) is 74.6 Å². The minimum Gasteiger partial charge on any atom is -0.504 e. The summed E-state index contributed by atoms with van der Waals surface area (Å²) in [4.78, 5) is 23.4. The van der Waals surface area contributed by atoms with Crippen LogP contribution in [0.4, 0.5) is 0 Å². The molecule has 0 aromatic heterocycles. The van der Waals surface area contributed by atoms with Gasteiger partial charge in [-0.2, -0.15) is 0 Å². The molecule has 0 radical (unpaired) electrons. The molecule has 0 aliphatic heterocycles. The molecule has 4 heteroatoms. The van der Waals surface area contributed by atoms with E-state index in [0.717, 1.165) is 16.2 Å². The predicted molar refractivity (Wildman–Crippen MR) is 92.7 cm³/mol. The van der Waals surface area contributed by atoms with Crippen molar-refractivity contribution in [2.45, 2.75) is 0 Å². The Morgan fingerprint density at radius 1 is 0.833 bits per heavy atom. The molecule has 4 nitrogen and oxygen atoms in total. The van der Waals surface area contributed by atoms with Gasteiger partial charge in [0.2, 0.25) is 5.78 Å². The molecule has 0 aliphatic rings. The van der Waals surface area contributed by atoms with Gasteiger partial charge in [0.15, 0.2) is 17.8 Å². The smallest absolute Gasteiger partial charge is 0.226 e. The van der Waals surface area contributed by atoms with Gasteiger partial charge >= 0.3 is 0 Å². The number of hydrogen-bond donors (Lipinski definition) is 2. The molecule has 0 amide bonds. The number of phenols is 2. The Hall–Kier alpha value is -3.40. The second kappa shape index (κ2) is 5.06. The van der Waals surface area contributed by atoms with E-state index in [1.54, 1.807) is 6.07 Å². The normalized spacial score (nSPS) is 11.2. The molecule has 116 valence electrons. The minimum atomic E-state index is -0.734. The molecule has 0 saturated heterocycles. The van der Waals surface area contributed by atoms with E-state index in [9.17, 15) is 19.8 Å². The number of hydrogen-bond acceptors (Lipinski definition) is 4. The van der Waals surface area contributed by atoms with E-state index >= 15 is 0 Å². The predicted octanol–water partition coefficient (Wildman–Crippen LogP) is 3.94. The quantitative estimate of drug-likeness (QED) is 0.193. The van der Waals surface area contributed by atoms with E-state index in [4.69, 9.17) is 0 Å². The third-order valence-electron chi connectivity index (χ3n) is 4.29. The first kappa shape index (κ1) is 14.2. The highest BCUT2D eigenvalue weighted by molar-refractivity contribution is 6.40. The number of Topliss-reactive ketones (excluding diaryl/α,β-unsaturated/α-hetero) is 1. The second-order valence-corrected chi connectivity index (χ2v) is 5.69. The van der Waals surface area contributed by atoms with E-state index in [0.29, 0.717) is 10.8 Å². The Balaban J connectivity index is 2.30. The van der Waals surface area contributed by atoms with Crippen molar-refractivity contribution < 1.29 is 19.8 Å². The fraction of sp³-hybridized carbons (Fsp3) is 0. The van der Waals surface area contributed by atoms with Gasteiger partial charge in [0.1, 0.15) is 0 Å². The molecular weight excluding hydrogens is 304 g/mol. The zero-order chi connectivity index (χ0) is 16.8. The first-order valence-corrected chi connectivity index (χ1v) is 7.40. The van der Waals surface area contributed by atoms with Crippen molar-refractivity contribution in [2.24, 2.45) is 0 Å². The van der Waals surface area contributed by atoms with Crippen LogP contribution in [-0.4, -0.2) is 22.3 Å². The lowest BCUT2D eigenvalue weighted by atomic mass is 9.92. The summed E-state index contributed by atoms with van der Waals surface area (Å²) < 4.78 is 0. The maximum absolute atomic E-state index is 12.3. The molecular formula is C20H12O4. The number of rotatable bonds is 2. The molecule has 0 unspecified atom stereocenters. The Labute approximate surface area is 136 Å². The second-order valence-electron chi connectivity index (χ2n) is 5.69. The summed E-state index contributed by atoms with van der Waals surface area (Å²) in [6, 6.07) is 16.3. The summed E-state index contributed by atoms with van der Waals surface area (Å²) in [5.41, 5.74) is 0.108. The van der Waals surface area contributed by atoms with E-state index in [1.807, 2.05) is 42.5 Å². The lowest BCUT2D eigenvalue weighted by molar-refractivity contribution is -0.104. The van der Waals surface area contributed by atoms with E-state index < -0.39 is 11.5 Å². The Bertz CT molecular complexity index is 1160. The van der Waals surface area contributed by atoms with Gasteiger partial charge in [-0.3, -0.25) is 9.59 Å². The van der Waals surface area contributed by atoms with Gasteiger partial charge in [0.25, 0.3) is 0 Å². The van der Waals surface area contributed by atoms with Gasteiger partial charge in [-0.25, -0.2) is 0 Å². The van der Waals surface area contributed by atoms with Crippen LogP contribution in [0.25, 0.3) is 32.3 Å². The third kappa shape index (κ3) is 1.93. The molecule has 0 spiro atoms. The Morgan fingerprint density at radius 3 is 2.21 bits per heavy atom. The van der Waals surface area contributed by atoms with Gasteiger partial charge < -0.3 is 10.2 Å². The molecule has 4 rings (SSSR count). The summed E-state index contributed by atoms with van der Waals surface area (Å²) in [5.74, 6) is -1.46. The number of aldehydes is 1. The highest BCUT2D eigenvalue weighted by Crippen LogP contribution is 2.40. The van der Waals surface area contributed by atoms with Crippen molar-refractivity contribution >= 4 is 44.4 Å². The Morgan fingerprint density at radius 2 is 1.50 bits per heavy atom. The van der Waals surface area contributed by atoms with Crippen molar-refractivity contribution in [3.63, 3.8) is 0 Å². The van der Waals surface area contributed by atoms with Gasteiger partial charge in [-0.1, -0.05) is 30.3 Å². The monoisotopic (exact) mass is 316 g/mol. The number of fused-ring (bicyclic) bond motifs is 3. The zero-order valence-corrected chi connectivity index (χ0v) is 12.5. The lowest BCUT2D eigenvalue weighted by Gasteiger charge is -2.12. The van der Waals surface area contributed by atoms with E-state index in [1.165, 1.54) is 6.07 Å². The van der Waals surface area contributed by atoms with Crippen LogP contribution >= 0.6 is 0 Å².